The number of Topliss-reactive ketones (excluding diaryl/α,β-unsaturated/α-hetero) is 1. The fourth-order valence-electron chi connectivity index (χ4n) is 3.27. The van der Waals surface area contributed by atoms with E-state index >= 15 is 0 Å². The summed E-state index contributed by atoms with van der Waals surface area (Å²) in [5.41, 5.74) is 3.59. The summed E-state index contributed by atoms with van der Waals surface area (Å²) in [7, 11) is 1.66. The summed E-state index contributed by atoms with van der Waals surface area (Å²) in [6, 6.07) is 11.7. The number of pyridine rings is 1. The minimum absolute atomic E-state index is 0.0939. The molecule has 1 aromatic carbocycles. The van der Waals surface area contributed by atoms with E-state index in [0.717, 1.165) is 41.1 Å². The van der Waals surface area contributed by atoms with Gasteiger partial charge in [0.1, 0.15) is 5.75 Å². The van der Waals surface area contributed by atoms with Gasteiger partial charge in [-0.1, -0.05) is 26.0 Å². The van der Waals surface area contributed by atoms with E-state index in [1.54, 1.807) is 7.11 Å². The molecule has 2 aromatic rings. The molecular weight excluding hydrogens is 274 g/mol. The maximum absolute atomic E-state index is 12.4. The molecule has 0 saturated heterocycles. The third kappa shape index (κ3) is 2.41. The lowest BCUT2D eigenvalue weighted by atomic mass is 9.78. The fraction of sp³-hybridized carbons (Fsp3) is 0.368. The second kappa shape index (κ2) is 5.91. The van der Waals surface area contributed by atoms with Crippen LogP contribution >= 0.6 is 0 Å². The van der Waals surface area contributed by atoms with E-state index in [9.17, 15) is 4.79 Å². The number of hydrogen-bond acceptors (Lipinski definition) is 3. The number of ketones is 1. The molecule has 0 aliphatic heterocycles. The molecule has 3 nitrogen and oxygen atoms in total. The number of nitrogens with zero attached hydrogens (tertiary/aromatic N) is 1. The van der Waals surface area contributed by atoms with E-state index in [1.807, 2.05) is 43.3 Å². The van der Waals surface area contributed by atoms with Crippen LogP contribution in [0.5, 0.6) is 5.75 Å². The Morgan fingerprint density at radius 1 is 1.18 bits per heavy atom. The zero-order chi connectivity index (χ0) is 15.7. The average molecular weight is 295 g/mol. The van der Waals surface area contributed by atoms with Crippen molar-refractivity contribution in [2.24, 2.45) is 5.92 Å². The minimum atomic E-state index is 0.0939. The zero-order valence-corrected chi connectivity index (χ0v) is 13.3. The van der Waals surface area contributed by atoms with Crippen molar-refractivity contribution in [3.8, 4) is 17.0 Å². The molecule has 114 valence electrons. The van der Waals surface area contributed by atoms with Gasteiger partial charge in [0.2, 0.25) is 0 Å². The number of carbonyl (C=O) groups is 1. The smallest absolute Gasteiger partial charge is 0.167 e. The van der Waals surface area contributed by atoms with E-state index in [1.165, 1.54) is 0 Å². The summed E-state index contributed by atoms with van der Waals surface area (Å²) >= 11 is 0. The number of rotatable bonds is 3. The van der Waals surface area contributed by atoms with Crippen LogP contribution in [0.15, 0.2) is 36.4 Å². The molecule has 0 N–H and O–H groups in total. The van der Waals surface area contributed by atoms with Crippen molar-refractivity contribution in [2.75, 3.05) is 7.11 Å². The van der Waals surface area contributed by atoms with Crippen molar-refractivity contribution < 1.29 is 9.53 Å². The summed E-state index contributed by atoms with van der Waals surface area (Å²) in [4.78, 5) is 17.2. The van der Waals surface area contributed by atoms with Gasteiger partial charge in [-0.15, -0.1) is 0 Å². The van der Waals surface area contributed by atoms with Gasteiger partial charge >= 0.3 is 0 Å². The highest BCUT2D eigenvalue weighted by Crippen LogP contribution is 2.38. The average Bonchev–Trinajstić information content (AvgIpc) is 2.57. The Morgan fingerprint density at radius 2 is 1.95 bits per heavy atom. The highest BCUT2D eigenvalue weighted by molar-refractivity contribution is 6.00. The summed E-state index contributed by atoms with van der Waals surface area (Å²) < 4.78 is 5.43. The number of hydrogen-bond donors (Lipinski definition) is 0. The summed E-state index contributed by atoms with van der Waals surface area (Å²) in [6.45, 7) is 4.18. The third-order valence-electron chi connectivity index (χ3n) is 4.54. The SMILES string of the molecule is CC[C@H]1C[C@@H](C)C(=O)c2ccc(-c3ccccc3OC)nc21. The third-order valence-corrected chi connectivity index (χ3v) is 4.54. The van der Waals surface area contributed by atoms with Crippen LogP contribution in [0.1, 0.15) is 48.7 Å². The molecule has 0 unspecified atom stereocenters. The Bertz CT molecular complexity index is 708. The monoisotopic (exact) mass is 295 g/mol. The first-order valence-electron chi connectivity index (χ1n) is 7.84. The molecule has 1 heterocycles. The standard InChI is InChI=1S/C19H21NO2/c1-4-13-11-12(2)19(21)15-9-10-16(20-18(13)15)14-7-5-6-8-17(14)22-3/h5-10,12-13H,4,11H2,1-3H3/t12-,13+/m1/s1. The Labute approximate surface area is 131 Å². The largest absolute Gasteiger partial charge is 0.496 e. The van der Waals surface area contributed by atoms with Crippen LogP contribution < -0.4 is 4.74 Å². The van der Waals surface area contributed by atoms with Gasteiger partial charge in [-0.05, 0) is 37.1 Å². The number of fused-ring (bicyclic) bond motifs is 1. The summed E-state index contributed by atoms with van der Waals surface area (Å²) in [6.07, 6.45) is 1.90. The van der Waals surface area contributed by atoms with E-state index < -0.39 is 0 Å². The van der Waals surface area contributed by atoms with Crippen LogP contribution in [0, 0.1) is 5.92 Å². The van der Waals surface area contributed by atoms with Crippen LogP contribution in [0.25, 0.3) is 11.3 Å². The van der Waals surface area contributed by atoms with Crippen molar-refractivity contribution in [3.63, 3.8) is 0 Å². The van der Waals surface area contributed by atoms with Gasteiger partial charge in [0.25, 0.3) is 0 Å². The second-order valence-corrected chi connectivity index (χ2v) is 5.94. The lowest BCUT2D eigenvalue weighted by Crippen LogP contribution is -2.24. The van der Waals surface area contributed by atoms with Gasteiger partial charge in [0, 0.05) is 23.0 Å². The van der Waals surface area contributed by atoms with Crippen LogP contribution in [0.4, 0.5) is 0 Å². The van der Waals surface area contributed by atoms with Crippen molar-refractivity contribution in [1.29, 1.82) is 0 Å². The lowest BCUT2D eigenvalue weighted by Gasteiger charge is -2.27. The van der Waals surface area contributed by atoms with Gasteiger partial charge in [-0.25, -0.2) is 0 Å². The Morgan fingerprint density at radius 3 is 2.68 bits per heavy atom. The van der Waals surface area contributed by atoms with Crippen LogP contribution in [0.2, 0.25) is 0 Å². The van der Waals surface area contributed by atoms with E-state index in [4.69, 9.17) is 9.72 Å². The van der Waals surface area contributed by atoms with E-state index in [-0.39, 0.29) is 11.7 Å². The normalized spacial score (nSPS) is 20.6. The van der Waals surface area contributed by atoms with Crippen LogP contribution in [-0.4, -0.2) is 17.9 Å². The molecule has 1 aromatic heterocycles. The zero-order valence-electron chi connectivity index (χ0n) is 13.3. The molecule has 0 amide bonds. The molecule has 0 saturated carbocycles. The van der Waals surface area contributed by atoms with Crippen molar-refractivity contribution in [3.05, 3.63) is 47.7 Å². The van der Waals surface area contributed by atoms with E-state index in [0.29, 0.717) is 5.92 Å². The number of para-hydroxylation sites is 1. The maximum Gasteiger partial charge on any atom is 0.167 e. The van der Waals surface area contributed by atoms with Crippen molar-refractivity contribution in [1.82, 2.24) is 4.98 Å². The highest BCUT2D eigenvalue weighted by Gasteiger charge is 2.31. The van der Waals surface area contributed by atoms with Gasteiger partial charge in [0.15, 0.2) is 5.78 Å². The molecule has 2 atom stereocenters. The number of methoxy groups -OCH3 is 1. The van der Waals surface area contributed by atoms with Gasteiger partial charge < -0.3 is 4.74 Å². The minimum Gasteiger partial charge on any atom is -0.496 e. The van der Waals surface area contributed by atoms with Gasteiger partial charge in [0.05, 0.1) is 18.5 Å². The predicted octanol–water partition coefficient (Wildman–Crippen LogP) is 4.47. The number of ether oxygens (including phenoxy) is 1. The first kappa shape index (κ1) is 14.8. The van der Waals surface area contributed by atoms with Crippen LogP contribution in [0.3, 0.4) is 0 Å². The van der Waals surface area contributed by atoms with Gasteiger partial charge in [-0.2, -0.15) is 0 Å². The van der Waals surface area contributed by atoms with Crippen molar-refractivity contribution in [2.45, 2.75) is 32.6 Å². The Balaban J connectivity index is 2.12. The van der Waals surface area contributed by atoms with Crippen molar-refractivity contribution >= 4 is 5.78 Å². The molecular formula is C19H21NO2. The molecule has 3 rings (SSSR count). The molecule has 0 bridgehead atoms. The topological polar surface area (TPSA) is 39.2 Å². The second-order valence-electron chi connectivity index (χ2n) is 5.94. The number of benzene rings is 1. The highest BCUT2D eigenvalue weighted by atomic mass is 16.5. The molecule has 3 heteroatoms. The summed E-state index contributed by atoms with van der Waals surface area (Å²) in [5, 5.41) is 0. The molecule has 0 radical (unpaired) electrons. The first-order chi connectivity index (χ1) is 10.7. The van der Waals surface area contributed by atoms with E-state index in [2.05, 4.69) is 6.92 Å². The van der Waals surface area contributed by atoms with Gasteiger partial charge in [-0.3, -0.25) is 9.78 Å². The predicted molar refractivity (Wildman–Crippen MR) is 87.4 cm³/mol. The maximum atomic E-state index is 12.4. The first-order valence-corrected chi connectivity index (χ1v) is 7.84. The number of carbonyl (C=O) groups excluding carboxylic acids is 1. The molecule has 1 aliphatic carbocycles. The lowest BCUT2D eigenvalue weighted by molar-refractivity contribution is 0.0902. The molecule has 0 fully saturated rings. The fourth-order valence-corrected chi connectivity index (χ4v) is 3.27. The number of aromatic nitrogens is 1. The van der Waals surface area contributed by atoms with Crippen LogP contribution in [-0.2, 0) is 0 Å². The Kier molecular flexibility index (Phi) is 3.97. The molecule has 0 spiro atoms. The Hall–Kier alpha value is -2.16. The summed E-state index contributed by atoms with van der Waals surface area (Å²) in [5.74, 6) is 1.48. The molecule has 22 heavy (non-hydrogen) atoms. The molecule has 1 aliphatic rings. The quantitative estimate of drug-likeness (QED) is 0.838.